The topological polar surface area (TPSA) is 52.0 Å². The molecule has 7 nitrogen and oxygen atoms in total. The predicted molar refractivity (Wildman–Crippen MR) is 142 cm³/mol. The summed E-state index contributed by atoms with van der Waals surface area (Å²) in [6, 6.07) is 13.6. The fraction of sp³-hybridized carbons (Fsp3) is 0.370. The third-order valence-corrected chi connectivity index (χ3v) is 7.16. The van der Waals surface area contributed by atoms with Crippen LogP contribution in [0.5, 0.6) is 5.75 Å². The first kappa shape index (κ1) is 25.0. The first-order valence-electron chi connectivity index (χ1n) is 12.0. The predicted octanol–water partition coefficient (Wildman–Crippen LogP) is 5.19. The summed E-state index contributed by atoms with van der Waals surface area (Å²) in [5.74, 6) is -0.272. The molecule has 36 heavy (non-hydrogen) atoms. The molecule has 9 heteroatoms. The number of allylic oxidation sites excluding steroid dienone is 1. The second-order valence-electron chi connectivity index (χ2n) is 9.18. The van der Waals surface area contributed by atoms with Gasteiger partial charge >= 0.3 is 0 Å². The van der Waals surface area contributed by atoms with Crippen molar-refractivity contribution in [1.82, 2.24) is 14.5 Å². The minimum Gasteiger partial charge on any atom is -0.491 e. The van der Waals surface area contributed by atoms with Crippen molar-refractivity contribution >= 4 is 28.9 Å². The van der Waals surface area contributed by atoms with Crippen LogP contribution in [0.25, 0.3) is 0 Å². The van der Waals surface area contributed by atoms with Crippen LogP contribution in [0.4, 0.5) is 5.69 Å². The fourth-order valence-electron chi connectivity index (χ4n) is 4.66. The van der Waals surface area contributed by atoms with Crippen molar-refractivity contribution < 1.29 is 14.2 Å². The smallest absolute Gasteiger partial charge is 0.215 e. The molecule has 2 aliphatic heterocycles. The lowest BCUT2D eigenvalue weighted by molar-refractivity contribution is -0.189. The van der Waals surface area contributed by atoms with Crippen molar-refractivity contribution in [3.63, 3.8) is 0 Å². The molecule has 2 aliphatic rings. The van der Waals surface area contributed by atoms with Crippen LogP contribution >= 0.6 is 23.2 Å². The SMILES string of the molecule is C=C(C)N1CCN(c2ccc(OC[C@@H]3CO[C@@](Cn4ccnc4)(c4ccc(Cl)cc4Cl)O3)cc2)CC1. The van der Waals surface area contributed by atoms with Gasteiger partial charge in [0.05, 0.1) is 24.5 Å². The van der Waals surface area contributed by atoms with Crippen LogP contribution in [-0.2, 0) is 21.8 Å². The molecule has 0 saturated carbocycles. The van der Waals surface area contributed by atoms with E-state index in [0.29, 0.717) is 29.8 Å². The first-order valence-corrected chi connectivity index (χ1v) is 12.8. The van der Waals surface area contributed by atoms with Crippen molar-refractivity contribution in [2.24, 2.45) is 0 Å². The van der Waals surface area contributed by atoms with Gasteiger partial charge in [-0.05, 0) is 43.3 Å². The zero-order chi connectivity index (χ0) is 25.1. The maximum Gasteiger partial charge on any atom is 0.215 e. The summed E-state index contributed by atoms with van der Waals surface area (Å²) in [4.78, 5) is 8.84. The van der Waals surface area contributed by atoms with Crippen molar-refractivity contribution in [1.29, 1.82) is 0 Å². The standard InChI is InChI=1S/C27H30Cl2N4O3/c1-20(2)32-11-13-33(14-12-32)22-4-6-23(7-5-22)34-16-24-17-35-27(36-24,18-31-10-9-30-19-31)25-8-3-21(28)15-26(25)29/h3-10,15,19,24H,1,11-14,16-18H2,2H3/t24-,27-/m1/s1. The molecule has 3 heterocycles. The van der Waals surface area contributed by atoms with E-state index in [1.165, 1.54) is 5.69 Å². The van der Waals surface area contributed by atoms with E-state index in [0.717, 1.165) is 43.2 Å². The molecule has 0 N–H and O–H groups in total. The number of ether oxygens (including phenoxy) is 3. The van der Waals surface area contributed by atoms with Crippen LogP contribution < -0.4 is 9.64 Å². The number of piperazine rings is 1. The summed E-state index contributed by atoms with van der Waals surface area (Å²) in [5.41, 5.74) is 3.05. The van der Waals surface area contributed by atoms with E-state index in [1.54, 1.807) is 24.7 Å². The Morgan fingerprint density at radius 1 is 1.14 bits per heavy atom. The molecule has 2 saturated heterocycles. The van der Waals surface area contributed by atoms with Gasteiger partial charge in [0.2, 0.25) is 5.79 Å². The number of halogens is 2. The Balaban J connectivity index is 1.22. The highest BCUT2D eigenvalue weighted by atomic mass is 35.5. The van der Waals surface area contributed by atoms with Gasteiger partial charge in [0, 0.05) is 60.5 Å². The summed E-state index contributed by atoms with van der Waals surface area (Å²) in [5, 5.41) is 1.05. The van der Waals surface area contributed by atoms with E-state index in [4.69, 9.17) is 37.4 Å². The summed E-state index contributed by atoms with van der Waals surface area (Å²) < 4.78 is 20.7. The number of benzene rings is 2. The van der Waals surface area contributed by atoms with E-state index in [9.17, 15) is 0 Å². The number of imidazole rings is 1. The van der Waals surface area contributed by atoms with Crippen LogP contribution in [-0.4, -0.2) is 59.9 Å². The normalized spacial score (nSPS) is 22.1. The van der Waals surface area contributed by atoms with Gasteiger partial charge in [0.1, 0.15) is 18.5 Å². The highest BCUT2D eigenvalue weighted by Gasteiger charge is 2.45. The quantitative estimate of drug-likeness (QED) is 0.400. The van der Waals surface area contributed by atoms with E-state index in [1.807, 2.05) is 29.0 Å². The molecule has 2 atom stereocenters. The molecule has 3 aromatic rings. The van der Waals surface area contributed by atoms with Crippen molar-refractivity contribution in [3.05, 3.63) is 89.1 Å². The van der Waals surface area contributed by atoms with Crippen molar-refractivity contribution in [3.8, 4) is 5.75 Å². The Bertz CT molecular complexity index is 1180. The average Bonchev–Trinajstić information content (AvgIpc) is 3.54. The summed E-state index contributed by atoms with van der Waals surface area (Å²) >= 11 is 12.7. The first-order chi connectivity index (χ1) is 17.4. The lowest BCUT2D eigenvalue weighted by atomic mass is 10.1. The van der Waals surface area contributed by atoms with Gasteiger partial charge in [-0.2, -0.15) is 0 Å². The van der Waals surface area contributed by atoms with Crippen molar-refractivity contribution in [2.75, 3.05) is 44.3 Å². The Labute approximate surface area is 221 Å². The number of anilines is 1. The average molecular weight is 529 g/mol. The van der Waals surface area contributed by atoms with Gasteiger partial charge in [-0.25, -0.2) is 4.98 Å². The fourth-order valence-corrected chi connectivity index (χ4v) is 5.22. The molecule has 190 valence electrons. The summed E-state index contributed by atoms with van der Waals surface area (Å²) in [7, 11) is 0. The second kappa shape index (κ2) is 10.7. The van der Waals surface area contributed by atoms with Crippen LogP contribution in [0.1, 0.15) is 12.5 Å². The van der Waals surface area contributed by atoms with Gasteiger partial charge in [-0.15, -0.1) is 0 Å². The van der Waals surface area contributed by atoms with Crippen LogP contribution in [0, 0.1) is 0 Å². The Morgan fingerprint density at radius 2 is 1.92 bits per heavy atom. The zero-order valence-electron chi connectivity index (χ0n) is 20.3. The molecule has 0 bridgehead atoms. The minimum absolute atomic E-state index is 0.268. The van der Waals surface area contributed by atoms with Gasteiger partial charge in [-0.3, -0.25) is 0 Å². The monoisotopic (exact) mass is 528 g/mol. The molecule has 2 aromatic carbocycles. The number of hydrogen-bond donors (Lipinski definition) is 0. The Hall–Kier alpha value is -2.71. The van der Waals surface area contributed by atoms with E-state index in [2.05, 4.69) is 40.4 Å². The van der Waals surface area contributed by atoms with E-state index in [-0.39, 0.29) is 6.10 Å². The van der Waals surface area contributed by atoms with Crippen LogP contribution in [0.3, 0.4) is 0 Å². The molecular weight excluding hydrogens is 499 g/mol. The molecule has 0 radical (unpaired) electrons. The molecule has 1 aromatic heterocycles. The van der Waals surface area contributed by atoms with Crippen LogP contribution in [0.15, 0.2) is 73.5 Å². The number of rotatable bonds is 8. The van der Waals surface area contributed by atoms with Gasteiger partial charge in [0.25, 0.3) is 0 Å². The molecule has 0 unspecified atom stereocenters. The molecule has 0 aliphatic carbocycles. The largest absolute Gasteiger partial charge is 0.491 e. The lowest BCUT2D eigenvalue weighted by Crippen LogP contribution is -2.45. The molecule has 2 fully saturated rings. The van der Waals surface area contributed by atoms with E-state index < -0.39 is 5.79 Å². The van der Waals surface area contributed by atoms with Gasteiger partial charge < -0.3 is 28.6 Å². The summed E-state index contributed by atoms with van der Waals surface area (Å²) in [6.07, 6.45) is 5.04. The third kappa shape index (κ3) is 5.49. The van der Waals surface area contributed by atoms with Crippen LogP contribution in [0.2, 0.25) is 10.0 Å². The minimum atomic E-state index is -1.06. The van der Waals surface area contributed by atoms with Crippen molar-refractivity contribution in [2.45, 2.75) is 25.4 Å². The molecule has 0 spiro atoms. The Kier molecular flexibility index (Phi) is 7.44. The molecule has 5 rings (SSSR count). The van der Waals surface area contributed by atoms with Gasteiger partial charge in [0.15, 0.2) is 0 Å². The number of aromatic nitrogens is 2. The van der Waals surface area contributed by atoms with Gasteiger partial charge in [-0.1, -0.05) is 35.8 Å². The maximum absolute atomic E-state index is 6.55. The highest BCUT2D eigenvalue weighted by molar-refractivity contribution is 6.35. The number of nitrogens with zero attached hydrogens (tertiary/aromatic N) is 4. The highest BCUT2D eigenvalue weighted by Crippen LogP contribution is 2.40. The summed E-state index contributed by atoms with van der Waals surface area (Å²) in [6.45, 7) is 11.2. The molecule has 0 amide bonds. The lowest BCUT2D eigenvalue weighted by Gasteiger charge is -2.37. The number of hydrogen-bond acceptors (Lipinski definition) is 6. The Morgan fingerprint density at radius 3 is 2.58 bits per heavy atom. The second-order valence-corrected chi connectivity index (χ2v) is 10.0. The zero-order valence-corrected chi connectivity index (χ0v) is 21.8. The van der Waals surface area contributed by atoms with E-state index >= 15 is 0 Å². The molecular formula is C27H30Cl2N4O3. The third-order valence-electron chi connectivity index (χ3n) is 6.61. The maximum atomic E-state index is 6.55.